The Morgan fingerprint density at radius 2 is 1.04 bits per heavy atom. The SMILES string of the molecule is CC(C)(C)c1cc2c(cc1-c1ccc(Cl)cc1)[cH-]c1cc(-c3ccc(Cl)cc3)c(C(C)(C)C)cc12.[C-]1=CC=CC1.[CH-]1CCCCC1.[Cl-].[Cl-].[Zr+2]. The Morgan fingerprint density at radius 3 is 1.31 bits per heavy atom. The normalized spacial score (nSPS) is 13.7. The Morgan fingerprint density at radius 1 is 0.612 bits per heavy atom. The largest absolute Gasteiger partial charge is 2.00 e. The maximum absolute atomic E-state index is 6.20. The Bertz CT molecular complexity index is 1690. The third kappa shape index (κ3) is 11.4. The number of allylic oxidation sites excluding steroid dienone is 4. The van der Waals surface area contributed by atoms with Crippen LogP contribution >= 0.6 is 23.2 Å². The first kappa shape index (κ1) is 43.4. The van der Waals surface area contributed by atoms with Gasteiger partial charge in [0.2, 0.25) is 0 Å². The van der Waals surface area contributed by atoms with Gasteiger partial charge >= 0.3 is 26.2 Å². The Balaban J connectivity index is 0.000000506. The predicted molar refractivity (Wildman–Crippen MR) is 204 cm³/mol. The zero-order chi connectivity index (χ0) is 32.9. The smallest absolute Gasteiger partial charge is 1.00 e. The van der Waals surface area contributed by atoms with Crippen molar-refractivity contribution in [2.45, 2.75) is 90.9 Å². The summed E-state index contributed by atoms with van der Waals surface area (Å²) in [5.74, 6) is 0. The van der Waals surface area contributed by atoms with Gasteiger partial charge in [0.25, 0.3) is 0 Å². The number of halogens is 4. The Labute approximate surface area is 337 Å². The van der Waals surface area contributed by atoms with E-state index in [1.807, 2.05) is 36.4 Å². The van der Waals surface area contributed by atoms with E-state index in [4.69, 9.17) is 23.2 Å². The zero-order valence-electron chi connectivity index (χ0n) is 29.6. The predicted octanol–water partition coefficient (Wildman–Crippen LogP) is 8.41. The second kappa shape index (κ2) is 19.2. The Hall–Kier alpha value is -1.73. The number of fused-ring (bicyclic) bond motifs is 3. The molecule has 7 rings (SSSR count). The molecule has 5 heteroatoms. The summed E-state index contributed by atoms with van der Waals surface area (Å²) in [7, 11) is 0. The van der Waals surface area contributed by atoms with Gasteiger partial charge in [0, 0.05) is 10.0 Å². The summed E-state index contributed by atoms with van der Waals surface area (Å²) in [6.07, 6.45) is 19.5. The van der Waals surface area contributed by atoms with Crippen LogP contribution in [0.1, 0.15) is 91.2 Å². The van der Waals surface area contributed by atoms with Crippen LogP contribution in [0.4, 0.5) is 0 Å². The van der Waals surface area contributed by atoms with Crippen molar-refractivity contribution < 1.29 is 51.0 Å². The van der Waals surface area contributed by atoms with E-state index in [-0.39, 0.29) is 61.8 Å². The summed E-state index contributed by atoms with van der Waals surface area (Å²) in [6.45, 7) is 13.7. The summed E-state index contributed by atoms with van der Waals surface area (Å²) < 4.78 is 0. The van der Waals surface area contributed by atoms with Crippen molar-refractivity contribution in [2.75, 3.05) is 0 Å². The first-order valence-corrected chi connectivity index (χ1v) is 17.4. The van der Waals surface area contributed by atoms with Crippen molar-refractivity contribution in [1.82, 2.24) is 0 Å². The molecule has 0 nitrogen and oxygen atoms in total. The first-order valence-electron chi connectivity index (χ1n) is 16.7. The van der Waals surface area contributed by atoms with E-state index < -0.39 is 0 Å². The fourth-order valence-corrected chi connectivity index (χ4v) is 6.57. The summed E-state index contributed by atoms with van der Waals surface area (Å²) in [4.78, 5) is 0. The van der Waals surface area contributed by atoms with Crippen molar-refractivity contribution in [3.8, 4) is 22.3 Å². The van der Waals surface area contributed by atoms with Crippen molar-refractivity contribution in [3.63, 3.8) is 0 Å². The van der Waals surface area contributed by atoms with Crippen molar-refractivity contribution in [1.29, 1.82) is 0 Å². The first-order chi connectivity index (χ1) is 21.9. The molecule has 0 heterocycles. The van der Waals surface area contributed by atoms with Gasteiger partial charge in [0.05, 0.1) is 0 Å². The van der Waals surface area contributed by atoms with Crippen LogP contribution in [0.15, 0.2) is 97.1 Å². The van der Waals surface area contributed by atoms with Crippen molar-refractivity contribution in [3.05, 3.63) is 131 Å². The molecule has 0 spiro atoms. The average molecular weight is 809 g/mol. The van der Waals surface area contributed by atoms with Crippen LogP contribution in [-0.4, -0.2) is 0 Å². The molecule has 2 aliphatic rings. The average Bonchev–Trinajstić information content (AvgIpc) is 3.73. The molecular weight excluding hydrogens is 762 g/mol. The van der Waals surface area contributed by atoms with Gasteiger partial charge in [-0.15, -0.1) is 46.2 Å². The molecule has 5 aromatic carbocycles. The van der Waals surface area contributed by atoms with Gasteiger partial charge in [0.1, 0.15) is 0 Å². The van der Waals surface area contributed by atoms with E-state index in [1.165, 1.54) is 87.0 Å². The number of hydrogen-bond donors (Lipinski definition) is 0. The van der Waals surface area contributed by atoms with Crippen molar-refractivity contribution in [2.24, 2.45) is 0 Å². The van der Waals surface area contributed by atoms with E-state index >= 15 is 0 Å². The number of benzene rings is 4. The minimum absolute atomic E-state index is 0. The quantitative estimate of drug-likeness (QED) is 0.157. The zero-order valence-corrected chi connectivity index (χ0v) is 35.1. The number of rotatable bonds is 2. The third-order valence-electron chi connectivity index (χ3n) is 8.81. The van der Waals surface area contributed by atoms with E-state index in [0.29, 0.717) is 0 Å². The molecule has 1 fully saturated rings. The second-order valence-electron chi connectivity index (χ2n) is 14.6. The van der Waals surface area contributed by atoms with Crippen LogP contribution in [0.3, 0.4) is 0 Å². The van der Waals surface area contributed by atoms with Crippen LogP contribution in [-0.2, 0) is 37.0 Å². The monoisotopic (exact) mass is 805 g/mol. The maximum Gasteiger partial charge on any atom is 2.00 e. The minimum atomic E-state index is 0. The standard InChI is InChI=1S/C33H31Cl2.C6H11.C5H5.2ClH.Zr/c1-32(2,3)30-18-26-22(16-28(30)20-7-11-24(34)12-8-20)15-23-17-29(21-9-13-25(35)14-10-21)31(19-27(23)26)33(4,5)6;1-2-4-6-5-3-1;1-2-4-5-3-1;;;/h7-19H,1-6H3;1H,2-6H2;1-3H,4H2;2*1H;/q3*-1;;;+2/p-2. The van der Waals surface area contributed by atoms with Crippen LogP contribution in [0.2, 0.25) is 10.0 Å². The second-order valence-corrected chi connectivity index (χ2v) is 15.4. The molecule has 0 unspecified atom stereocenters. The summed E-state index contributed by atoms with van der Waals surface area (Å²) >= 11 is 12.4. The fraction of sp³-hybridized carbons (Fsp3) is 0.318. The molecule has 0 N–H and O–H groups in total. The molecule has 0 aliphatic heterocycles. The van der Waals surface area contributed by atoms with E-state index in [1.54, 1.807) is 0 Å². The van der Waals surface area contributed by atoms with Gasteiger partial charge in [-0.2, -0.15) is 18.9 Å². The van der Waals surface area contributed by atoms with Crippen molar-refractivity contribution >= 4 is 44.7 Å². The van der Waals surface area contributed by atoms with E-state index in [0.717, 1.165) is 16.5 Å². The molecule has 0 amide bonds. The third-order valence-corrected chi connectivity index (χ3v) is 9.31. The van der Waals surface area contributed by atoms with Crippen LogP contribution in [0, 0.1) is 12.5 Å². The molecule has 2 aliphatic carbocycles. The van der Waals surface area contributed by atoms with Gasteiger partial charge in [-0.05, 0) is 68.5 Å². The topological polar surface area (TPSA) is 0 Å². The van der Waals surface area contributed by atoms with Gasteiger partial charge in [-0.1, -0.05) is 120 Å². The molecule has 0 aromatic heterocycles. The molecule has 0 saturated heterocycles. The molecular formula is C44H47Cl4Zr-3. The van der Waals surface area contributed by atoms with E-state index in [2.05, 4.69) is 115 Å². The molecule has 0 radical (unpaired) electrons. The Kier molecular flexibility index (Phi) is 17.0. The summed E-state index contributed by atoms with van der Waals surface area (Å²) in [6, 6.07) is 28.3. The maximum atomic E-state index is 6.20. The summed E-state index contributed by atoms with van der Waals surface area (Å²) in [5, 5.41) is 6.69. The fourth-order valence-electron chi connectivity index (χ4n) is 6.32. The summed E-state index contributed by atoms with van der Waals surface area (Å²) in [5.41, 5.74) is 7.63. The van der Waals surface area contributed by atoms with Gasteiger partial charge in [-0.25, -0.2) is 12.2 Å². The molecule has 49 heavy (non-hydrogen) atoms. The van der Waals surface area contributed by atoms with Gasteiger partial charge in [-0.3, -0.25) is 6.08 Å². The molecule has 0 bridgehead atoms. The van der Waals surface area contributed by atoms with Gasteiger partial charge < -0.3 is 31.2 Å². The minimum Gasteiger partial charge on any atom is -1.00 e. The molecule has 0 atom stereocenters. The van der Waals surface area contributed by atoms with Crippen LogP contribution in [0.25, 0.3) is 43.8 Å². The number of hydrogen-bond acceptors (Lipinski definition) is 0. The molecule has 1 saturated carbocycles. The molecule has 5 aromatic rings. The van der Waals surface area contributed by atoms with Gasteiger partial charge in [0.15, 0.2) is 0 Å². The van der Waals surface area contributed by atoms with Crippen LogP contribution < -0.4 is 24.8 Å². The molecule has 258 valence electrons. The van der Waals surface area contributed by atoms with Crippen LogP contribution in [0.5, 0.6) is 0 Å². The van der Waals surface area contributed by atoms with E-state index in [9.17, 15) is 0 Å².